The predicted molar refractivity (Wildman–Crippen MR) is 110 cm³/mol. The van der Waals surface area contributed by atoms with E-state index in [1.807, 2.05) is 24.3 Å². The van der Waals surface area contributed by atoms with Crippen LogP contribution in [0.25, 0.3) is 0 Å². The van der Waals surface area contributed by atoms with E-state index in [1.165, 1.54) is 51.4 Å². The van der Waals surface area contributed by atoms with Gasteiger partial charge in [-0.25, -0.2) is 0 Å². The molecule has 0 aliphatic heterocycles. The van der Waals surface area contributed by atoms with E-state index in [4.69, 9.17) is 9.84 Å². The molecule has 4 heteroatoms. The van der Waals surface area contributed by atoms with Crippen molar-refractivity contribution in [2.45, 2.75) is 70.6 Å². The Labute approximate surface area is 185 Å². The van der Waals surface area contributed by atoms with Gasteiger partial charge in [-0.15, -0.1) is 5.92 Å². The molecule has 2 aliphatic carbocycles. The number of carboxylic acids is 1. The van der Waals surface area contributed by atoms with Crippen molar-refractivity contribution in [3.8, 4) is 17.6 Å². The summed E-state index contributed by atoms with van der Waals surface area (Å²) in [6.45, 7) is 2.54. The summed E-state index contributed by atoms with van der Waals surface area (Å²) in [7, 11) is 0. The van der Waals surface area contributed by atoms with Gasteiger partial charge in [-0.2, -0.15) is 0 Å². The zero-order chi connectivity index (χ0) is 18.4. The summed E-state index contributed by atoms with van der Waals surface area (Å²) in [5, 5.41) is 9.05. The van der Waals surface area contributed by atoms with Crippen LogP contribution in [0.15, 0.2) is 24.3 Å². The molecule has 0 radical (unpaired) electrons. The minimum absolute atomic E-state index is 0. The molecule has 3 nitrogen and oxygen atoms in total. The molecule has 1 aromatic rings. The van der Waals surface area contributed by atoms with Crippen molar-refractivity contribution in [3.05, 3.63) is 29.8 Å². The fourth-order valence-corrected chi connectivity index (χ4v) is 4.92. The zero-order valence-electron chi connectivity index (χ0n) is 15.8. The Hall–Kier alpha value is -0.950. The monoisotopic (exact) mass is 378 g/mol. The van der Waals surface area contributed by atoms with E-state index in [1.54, 1.807) is 6.92 Å². The second-order valence-corrected chi connectivity index (χ2v) is 8.09. The van der Waals surface area contributed by atoms with Crippen LogP contribution in [-0.4, -0.2) is 47.2 Å². The number of carboxylic acid groups (broad SMARTS) is 1. The minimum atomic E-state index is -0.823. The van der Waals surface area contributed by atoms with E-state index in [0.717, 1.165) is 17.9 Å². The molecule has 0 saturated heterocycles. The van der Waals surface area contributed by atoms with Crippen molar-refractivity contribution < 1.29 is 14.6 Å². The normalized spacial score (nSPS) is 21.6. The molecule has 2 aliphatic rings. The van der Waals surface area contributed by atoms with Crippen molar-refractivity contribution in [1.82, 2.24) is 0 Å². The first-order valence-electron chi connectivity index (χ1n) is 9.97. The average Bonchev–Trinajstić information content (AvgIpc) is 3.07. The van der Waals surface area contributed by atoms with Gasteiger partial charge >= 0.3 is 35.5 Å². The number of hydrogen-bond acceptors (Lipinski definition) is 2. The molecule has 2 atom stereocenters. The number of benzene rings is 1. The van der Waals surface area contributed by atoms with Gasteiger partial charge in [0.15, 0.2) is 0 Å². The molecule has 3 rings (SSSR count). The molecule has 1 aromatic carbocycles. The third kappa shape index (κ3) is 6.28. The molecule has 0 aromatic heterocycles. The summed E-state index contributed by atoms with van der Waals surface area (Å²) in [5.41, 5.74) is 1.57. The Morgan fingerprint density at radius 3 is 2.52 bits per heavy atom. The third-order valence-electron chi connectivity index (χ3n) is 6.17. The number of hydrogen-bond donors (Lipinski definition) is 1. The Kier molecular flexibility index (Phi) is 8.73. The summed E-state index contributed by atoms with van der Waals surface area (Å²) in [4.78, 5) is 11.0. The number of aliphatic carboxylic acids is 1. The van der Waals surface area contributed by atoms with Crippen LogP contribution in [0.1, 0.15) is 76.2 Å². The van der Waals surface area contributed by atoms with Crippen LogP contribution in [0, 0.1) is 23.2 Å². The summed E-state index contributed by atoms with van der Waals surface area (Å²) >= 11 is 0. The Morgan fingerprint density at radius 1 is 1.22 bits per heavy atom. The molecule has 0 bridgehead atoms. The van der Waals surface area contributed by atoms with Crippen LogP contribution >= 0.6 is 0 Å². The van der Waals surface area contributed by atoms with E-state index < -0.39 is 5.97 Å². The van der Waals surface area contributed by atoms with Crippen LogP contribution in [0.5, 0.6) is 5.75 Å². The van der Waals surface area contributed by atoms with Gasteiger partial charge in [0.25, 0.3) is 0 Å². The van der Waals surface area contributed by atoms with Gasteiger partial charge in [0.05, 0.1) is 18.9 Å². The van der Waals surface area contributed by atoms with Crippen molar-refractivity contribution in [2.24, 2.45) is 11.3 Å². The van der Waals surface area contributed by atoms with Gasteiger partial charge in [-0.3, -0.25) is 4.79 Å². The molecule has 27 heavy (non-hydrogen) atoms. The van der Waals surface area contributed by atoms with Crippen molar-refractivity contribution in [3.63, 3.8) is 0 Å². The zero-order valence-corrected chi connectivity index (χ0v) is 15.8. The molecular formula is C23H31NaO3. The molecule has 2 fully saturated rings. The Balaban J connectivity index is 0.00000261. The predicted octanol–water partition coefficient (Wildman–Crippen LogP) is 4.75. The molecule has 2 saturated carbocycles. The molecule has 0 heterocycles. The van der Waals surface area contributed by atoms with E-state index in [2.05, 4.69) is 11.8 Å². The maximum absolute atomic E-state index is 11.0. The summed E-state index contributed by atoms with van der Waals surface area (Å²) in [6.07, 6.45) is 11.1. The molecule has 0 amide bonds. The fourth-order valence-electron chi connectivity index (χ4n) is 4.92. The number of carbonyl (C=O) groups is 1. The van der Waals surface area contributed by atoms with Gasteiger partial charge in [-0.05, 0) is 68.1 Å². The van der Waals surface area contributed by atoms with Crippen molar-refractivity contribution in [2.75, 3.05) is 6.61 Å². The van der Waals surface area contributed by atoms with Gasteiger partial charge in [-0.1, -0.05) is 37.3 Å². The van der Waals surface area contributed by atoms with Crippen LogP contribution < -0.4 is 4.74 Å². The third-order valence-corrected chi connectivity index (χ3v) is 6.17. The van der Waals surface area contributed by atoms with E-state index in [-0.39, 0.29) is 41.9 Å². The fraction of sp³-hybridized carbons (Fsp3) is 0.609. The molecule has 1 unspecified atom stereocenters. The standard InChI is InChI=1S/C23H30O3.Na.H/c1-2-6-20(15-22(24)25)19-8-10-21(11-9-19)26-17-18-7-5-14-23(16-18)12-3-4-13-23;;/h8-11,18,20H,3-5,7,12-17H2,1H3,(H,24,25);;/t18?,20-;;/m0../s1. The second-order valence-electron chi connectivity index (χ2n) is 8.09. The summed E-state index contributed by atoms with van der Waals surface area (Å²) < 4.78 is 6.07. The Morgan fingerprint density at radius 2 is 1.89 bits per heavy atom. The quantitative estimate of drug-likeness (QED) is 0.574. The second kappa shape index (κ2) is 10.6. The first kappa shape index (κ1) is 22.3. The molecule has 1 N–H and O–H groups in total. The first-order chi connectivity index (χ1) is 12.6. The number of rotatable bonds is 6. The summed E-state index contributed by atoms with van der Waals surface area (Å²) in [5.74, 6) is 6.29. The maximum atomic E-state index is 11.0. The Bertz CT molecular complexity index is 665. The van der Waals surface area contributed by atoms with Crippen LogP contribution in [-0.2, 0) is 4.79 Å². The van der Waals surface area contributed by atoms with Crippen LogP contribution in [0.2, 0.25) is 0 Å². The topological polar surface area (TPSA) is 46.5 Å². The van der Waals surface area contributed by atoms with Crippen LogP contribution in [0.4, 0.5) is 0 Å². The summed E-state index contributed by atoms with van der Waals surface area (Å²) in [6, 6.07) is 7.81. The van der Waals surface area contributed by atoms with E-state index in [9.17, 15) is 4.79 Å². The average molecular weight is 378 g/mol. The SMILES string of the molecule is CC#C[C@@H](CC(=O)O)c1ccc(OCC2CCCC3(CCCC3)C2)cc1.[NaH]. The number of ether oxygens (including phenoxy) is 1. The van der Waals surface area contributed by atoms with Crippen molar-refractivity contribution in [1.29, 1.82) is 0 Å². The van der Waals surface area contributed by atoms with Gasteiger partial charge in [0.1, 0.15) is 5.75 Å². The molecule has 142 valence electrons. The van der Waals surface area contributed by atoms with E-state index in [0.29, 0.717) is 11.3 Å². The van der Waals surface area contributed by atoms with Gasteiger partial charge < -0.3 is 9.84 Å². The molecule has 1 spiro atoms. The van der Waals surface area contributed by atoms with Gasteiger partial charge in [0, 0.05) is 0 Å². The van der Waals surface area contributed by atoms with Crippen LogP contribution in [0.3, 0.4) is 0 Å². The van der Waals surface area contributed by atoms with Crippen molar-refractivity contribution >= 4 is 35.5 Å². The van der Waals surface area contributed by atoms with Gasteiger partial charge in [0.2, 0.25) is 0 Å². The van der Waals surface area contributed by atoms with E-state index >= 15 is 0 Å². The first-order valence-corrected chi connectivity index (χ1v) is 9.97. The molecular weight excluding hydrogens is 347 g/mol.